The number of aromatic amines is 2. The average Bonchev–Trinajstić information content (AvgIpc) is 2.77. The summed E-state index contributed by atoms with van der Waals surface area (Å²) in [7, 11) is 0. The molecule has 0 aliphatic rings. The number of nitrogens with zero attached hydrogens (tertiary/aromatic N) is 2. The molecule has 3 aromatic rings. The maximum Gasteiger partial charge on any atom is 0.276 e. The first-order chi connectivity index (χ1) is 15.4. The van der Waals surface area contributed by atoms with Crippen molar-refractivity contribution in [2.24, 2.45) is 0 Å². The van der Waals surface area contributed by atoms with Gasteiger partial charge in [-0.05, 0) is 36.4 Å². The zero-order valence-electron chi connectivity index (χ0n) is 16.4. The number of H-pyrrole nitrogens is 2. The van der Waals surface area contributed by atoms with E-state index in [0.717, 1.165) is 0 Å². The maximum absolute atomic E-state index is 12.3. The summed E-state index contributed by atoms with van der Waals surface area (Å²) in [5.74, 6) is 0. The summed E-state index contributed by atoms with van der Waals surface area (Å²) >= 11 is 0. The van der Waals surface area contributed by atoms with Crippen LogP contribution in [-0.4, -0.2) is 19.8 Å². The number of aromatic nitrogens is 2. The molecule has 0 saturated carbocycles. The Morgan fingerprint density at radius 3 is 1.41 bits per heavy atom. The van der Waals surface area contributed by atoms with E-state index in [0.29, 0.717) is 11.1 Å². The normalized spacial score (nSPS) is 12.6. The van der Waals surface area contributed by atoms with Crippen LogP contribution < -0.4 is 21.8 Å². The minimum Gasteiger partial charge on any atom is -0.316 e. The van der Waals surface area contributed by atoms with E-state index in [1.54, 1.807) is 36.4 Å². The first-order valence-electron chi connectivity index (χ1n) is 9.23. The molecule has 3 rings (SSSR count). The van der Waals surface area contributed by atoms with Gasteiger partial charge in [0, 0.05) is 12.1 Å². The van der Waals surface area contributed by atoms with Gasteiger partial charge in [-0.3, -0.25) is 29.8 Å². The van der Waals surface area contributed by atoms with Gasteiger partial charge in [0.15, 0.2) is 0 Å². The van der Waals surface area contributed by atoms with Crippen LogP contribution in [0.2, 0.25) is 0 Å². The van der Waals surface area contributed by atoms with Gasteiger partial charge in [-0.2, -0.15) is 0 Å². The van der Waals surface area contributed by atoms with Crippen LogP contribution in [0.25, 0.3) is 24.3 Å². The molecule has 1 aromatic heterocycles. The van der Waals surface area contributed by atoms with Crippen LogP contribution in [-0.2, 0) is 0 Å². The van der Waals surface area contributed by atoms with E-state index in [2.05, 4.69) is 9.97 Å². The van der Waals surface area contributed by atoms with Crippen LogP contribution in [0, 0.1) is 20.2 Å². The Morgan fingerprint density at radius 2 is 1.03 bits per heavy atom. The number of benzene rings is 2. The summed E-state index contributed by atoms with van der Waals surface area (Å²) in [6.45, 7) is 0. The van der Waals surface area contributed by atoms with Gasteiger partial charge in [0.1, 0.15) is 10.7 Å². The second-order valence-electron chi connectivity index (χ2n) is 6.42. The standard InChI is InChI=1S/C22H16N4O6/c27-21-17(11-5-9-15-7-1-3-13-19(15)25(29)30)23-22(28)18(24-21)12-6-10-16-8-2-4-14-20(16)26(31)32/h1-14H,(H,23,28)(H,24,27). The van der Waals surface area contributed by atoms with Crippen LogP contribution >= 0.6 is 0 Å². The van der Waals surface area contributed by atoms with Crippen molar-refractivity contribution in [3.05, 3.63) is 123 Å². The predicted octanol–water partition coefficient (Wildman–Crippen LogP) is 1.87. The third-order valence-corrected chi connectivity index (χ3v) is 4.33. The lowest BCUT2D eigenvalue weighted by molar-refractivity contribution is -0.385. The van der Waals surface area contributed by atoms with Crippen molar-refractivity contribution in [3.63, 3.8) is 0 Å². The fourth-order valence-corrected chi connectivity index (χ4v) is 2.81. The number of allylic oxidation sites excluding steroid dienone is 2. The molecule has 0 aliphatic heterocycles. The molecule has 0 fully saturated rings. The summed E-state index contributed by atoms with van der Waals surface area (Å²) in [6, 6.07) is 12.2. The largest absolute Gasteiger partial charge is 0.316 e. The number of nitro benzene ring substituents is 2. The molecule has 10 nitrogen and oxygen atoms in total. The molecule has 2 aromatic carbocycles. The second kappa shape index (κ2) is 9.76. The highest BCUT2D eigenvalue weighted by Crippen LogP contribution is 2.19. The van der Waals surface area contributed by atoms with Crippen molar-refractivity contribution in [3.8, 4) is 0 Å². The van der Waals surface area contributed by atoms with Gasteiger partial charge in [-0.25, -0.2) is 0 Å². The molecule has 0 unspecified atom stereocenters. The van der Waals surface area contributed by atoms with Gasteiger partial charge < -0.3 is 9.97 Å². The second-order valence-corrected chi connectivity index (χ2v) is 6.42. The van der Waals surface area contributed by atoms with Gasteiger partial charge in [0.25, 0.3) is 22.5 Å². The molecule has 0 amide bonds. The summed E-state index contributed by atoms with van der Waals surface area (Å²) < 4.78 is 0. The Bertz CT molecular complexity index is 1370. The van der Waals surface area contributed by atoms with Crippen LogP contribution in [0.1, 0.15) is 11.1 Å². The van der Waals surface area contributed by atoms with Crippen molar-refractivity contribution in [2.45, 2.75) is 0 Å². The predicted molar refractivity (Wildman–Crippen MR) is 120 cm³/mol. The molecular formula is C22H16N4O6. The highest BCUT2D eigenvalue weighted by atomic mass is 16.6. The van der Waals surface area contributed by atoms with Gasteiger partial charge in [-0.15, -0.1) is 0 Å². The highest BCUT2D eigenvalue weighted by Gasteiger charge is 2.09. The van der Waals surface area contributed by atoms with E-state index < -0.39 is 21.0 Å². The zero-order valence-corrected chi connectivity index (χ0v) is 16.4. The molecule has 0 bridgehead atoms. The molecule has 0 spiro atoms. The Kier molecular flexibility index (Phi) is 6.66. The van der Waals surface area contributed by atoms with Gasteiger partial charge in [0.05, 0.1) is 21.0 Å². The number of rotatable bonds is 6. The smallest absolute Gasteiger partial charge is 0.276 e. The average molecular weight is 432 g/mol. The van der Waals surface area contributed by atoms with Gasteiger partial charge >= 0.3 is 0 Å². The number of hydrogen-bond acceptors (Lipinski definition) is 6. The number of nitrogens with one attached hydrogen (secondary N) is 2. The summed E-state index contributed by atoms with van der Waals surface area (Å²) in [5, 5.41) is 22.0. The van der Waals surface area contributed by atoms with E-state index in [4.69, 9.17) is 0 Å². The summed E-state index contributed by atoms with van der Waals surface area (Å²) in [6.07, 6.45) is 8.38. The molecule has 32 heavy (non-hydrogen) atoms. The first kappa shape index (κ1) is 21.8. The lowest BCUT2D eigenvalue weighted by Gasteiger charge is -1.95. The fraction of sp³-hybridized carbons (Fsp3) is 0. The monoisotopic (exact) mass is 432 g/mol. The topological polar surface area (TPSA) is 152 Å². The molecule has 0 atom stereocenters. The molecule has 10 heteroatoms. The van der Waals surface area contributed by atoms with Crippen LogP contribution in [0.5, 0.6) is 0 Å². The van der Waals surface area contributed by atoms with Crippen molar-refractivity contribution in [1.82, 2.24) is 9.97 Å². The fourth-order valence-electron chi connectivity index (χ4n) is 2.81. The van der Waals surface area contributed by atoms with Gasteiger partial charge in [0.2, 0.25) is 0 Å². The summed E-state index contributed by atoms with van der Waals surface area (Å²) in [4.78, 5) is 50.4. The molecular weight excluding hydrogens is 416 g/mol. The maximum atomic E-state index is 12.3. The SMILES string of the molecule is O=c1[nH]c(=CC=Cc2ccccc2[N+](=O)[O-])c(=O)[nH]c1=CC=Cc1ccccc1[N+](=O)[O-]. The van der Waals surface area contributed by atoms with Crippen molar-refractivity contribution < 1.29 is 9.85 Å². The summed E-state index contributed by atoms with van der Waals surface area (Å²) in [5.41, 5.74) is -0.649. The Balaban J connectivity index is 1.91. The third kappa shape index (κ3) is 5.19. The van der Waals surface area contributed by atoms with E-state index in [9.17, 15) is 29.8 Å². The molecule has 2 N–H and O–H groups in total. The molecule has 0 saturated heterocycles. The van der Waals surface area contributed by atoms with E-state index in [-0.39, 0.29) is 22.1 Å². The number of hydrogen-bond donors (Lipinski definition) is 2. The molecule has 0 aliphatic carbocycles. The van der Waals surface area contributed by atoms with Crippen molar-refractivity contribution in [2.75, 3.05) is 0 Å². The van der Waals surface area contributed by atoms with E-state index in [1.165, 1.54) is 48.6 Å². The lowest BCUT2D eigenvalue weighted by atomic mass is 10.1. The minimum absolute atomic E-state index is 0.0374. The number of para-hydroxylation sites is 2. The van der Waals surface area contributed by atoms with Crippen LogP contribution in [0.15, 0.2) is 70.3 Å². The lowest BCUT2D eigenvalue weighted by Crippen LogP contribution is -2.46. The van der Waals surface area contributed by atoms with Crippen LogP contribution in [0.3, 0.4) is 0 Å². The first-order valence-corrected chi connectivity index (χ1v) is 9.23. The highest BCUT2D eigenvalue weighted by molar-refractivity contribution is 5.65. The quantitative estimate of drug-likeness (QED) is 0.448. The Morgan fingerprint density at radius 1 is 0.656 bits per heavy atom. The van der Waals surface area contributed by atoms with E-state index >= 15 is 0 Å². The molecule has 1 heterocycles. The minimum atomic E-state index is -0.581. The molecule has 160 valence electrons. The van der Waals surface area contributed by atoms with Crippen molar-refractivity contribution >= 4 is 35.7 Å². The zero-order chi connectivity index (χ0) is 23.1. The Labute approximate surface area is 179 Å². The molecule has 0 radical (unpaired) electrons. The number of nitro groups is 2. The Hall–Kier alpha value is -4.86. The third-order valence-electron chi connectivity index (χ3n) is 4.33. The van der Waals surface area contributed by atoms with Gasteiger partial charge in [-0.1, -0.05) is 36.4 Å². The van der Waals surface area contributed by atoms with Crippen LogP contribution in [0.4, 0.5) is 11.4 Å². The van der Waals surface area contributed by atoms with E-state index in [1.807, 2.05) is 0 Å². The van der Waals surface area contributed by atoms with Crippen molar-refractivity contribution in [1.29, 1.82) is 0 Å².